The van der Waals surface area contributed by atoms with Crippen LogP contribution in [-0.4, -0.2) is 65.6 Å². The molecule has 1 fully saturated rings. The van der Waals surface area contributed by atoms with E-state index in [1.165, 1.54) is 24.6 Å². The summed E-state index contributed by atoms with van der Waals surface area (Å²) in [5.41, 5.74) is 1.25. The largest absolute Gasteiger partial charge is 0.481 e. The first-order valence-electron chi connectivity index (χ1n) is 9.33. The van der Waals surface area contributed by atoms with Crippen LogP contribution >= 0.6 is 34.7 Å². The summed E-state index contributed by atoms with van der Waals surface area (Å²) in [4.78, 5) is 43.3. The molecule has 2 aliphatic rings. The second-order valence-corrected chi connectivity index (χ2v) is 10.0. The number of ether oxygens (including phenoxy) is 1. The number of nitrogens with zero attached hydrogens (tertiary/aromatic N) is 3. The fourth-order valence-electron chi connectivity index (χ4n) is 4.00. The Kier molecular flexibility index (Phi) is 6.00. The molecule has 31 heavy (non-hydrogen) atoms. The zero-order chi connectivity index (χ0) is 22.2. The lowest BCUT2D eigenvalue weighted by molar-refractivity contribution is -0.133. The molecule has 1 unspecified atom stereocenters. The van der Waals surface area contributed by atoms with Gasteiger partial charge in [-0.3, -0.25) is 15.0 Å². The van der Waals surface area contributed by atoms with Crippen LogP contribution in [0.5, 0.6) is 0 Å². The van der Waals surface area contributed by atoms with Crippen molar-refractivity contribution in [3.8, 4) is 0 Å². The maximum Gasteiger partial charge on any atom is 0.409 e. The smallest absolute Gasteiger partial charge is 0.409 e. The van der Waals surface area contributed by atoms with Gasteiger partial charge in [0.25, 0.3) is 0 Å². The third kappa shape index (κ3) is 4.30. The average Bonchev–Trinajstić information content (AvgIpc) is 3.45. The van der Waals surface area contributed by atoms with Crippen LogP contribution in [0.1, 0.15) is 12.0 Å². The second kappa shape index (κ2) is 8.56. The first-order chi connectivity index (χ1) is 14.8. The van der Waals surface area contributed by atoms with Crippen molar-refractivity contribution in [1.82, 2.24) is 9.88 Å². The number of carboxylic acid groups (broad SMARTS) is 1. The van der Waals surface area contributed by atoms with E-state index in [4.69, 9.17) is 21.4 Å². The summed E-state index contributed by atoms with van der Waals surface area (Å²) in [7, 11) is 1.35. The lowest BCUT2D eigenvalue weighted by Crippen LogP contribution is -2.41. The highest BCUT2D eigenvalue weighted by atomic mass is 35.5. The number of thioether (sulfide) groups is 1. The van der Waals surface area contributed by atoms with Crippen molar-refractivity contribution in [3.05, 3.63) is 35.0 Å². The van der Waals surface area contributed by atoms with Crippen LogP contribution in [0, 0.1) is 0 Å². The number of carbonyl (C=O) groups excluding carboxylic acids is 2. The van der Waals surface area contributed by atoms with Crippen LogP contribution in [0.15, 0.2) is 28.6 Å². The number of fused-ring (bicyclic) bond motifs is 2. The number of thiazole rings is 1. The molecular weight excluding hydrogens is 464 g/mol. The highest BCUT2D eigenvalue weighted by Crippen LogP contribution is 2.47. The summed E-state index contributed by atoms with van der Waals surface area (Å²) < 4.78 is 5.56. The van der Waals surface area contributed by atoms with Crippen LogP contribution in [-0.2, 0) is 14.9 Å². The summed E-state index contributed by atoms with van der Waals surface area (Å²) in [6.07, 6.45) is 1.84. The van der Waals surface area contributed by atoms with Gasteiger partial charge in [-0.25, -0.2) is 14.6 Å². The predicted molar refractivity (Wildman–Crippen MR) is 119 cm³/mol. The van der Waals surface area contributed by atoms with E-state index in [0.29, 0.717) is 40.4 Å². The fourth-order valence-corrected chi connectivity index (χ4v) is 5.76. The molecule has 3 amide bonds. The minimum Gasteiger partial charge on any atom is -0.481 e. The van der Waals surface area contributed by atoms with Crippen molar-refractivity contribution in [1.29, 1.82) is 0 Å². The van der Waals surface area contributed by atoms with E-state index in [-0.39, 0.29) is 11.8 Å². The van der Waals surface area contributed by atoms with E-state index >= 15 is 0 Å². The standard InChI is InChI=1S/C19H19ClN4O5S2/c1-29-18(28)23-5-4-19(9-23)10-24(13-3-2-11(20)6-12(13)19)17(27)22-16-21-7-15(31-16)30-8-14(25)26/h2-3,6-7H,4-5,8-10H2,1H3,(H,25,26)(H,21,22,27). The third-order valence-corrected chi connectivity index (χ3v) is 7.68. The zero-order valence-electron chi connectivity index (χ0n) is 16.5. The highest BCUT2D eigenvalue weighted by molar-refractivity contribution is 8.01. The van der Waals surface area contributed by atoms with Crippen molar-refractivity contribution in [2.45, 2.75) is 16.0 Å². The summed E-state index contributed by atoms with van der Waals surface area (Å²) in [6.45, 7) is 1.36. The number of aromatic nitrogens is 1. The summed E-state index contributed by atoms with van der Waals surface area (Å²) in [6, 6.07) is 5.05. The van der Waals surface area contributed by atoms with Crippen LogP contribution < -0.4 is 10.2 Å². The van der Waals surface area contributed by atoms with Gasteiger partial charge < -0.3 is 14.7 Å². The zero-order valence-corrected chi connectivity index (χ0v) is 18.9. The minimum atomic E-state index is -0.917. The molecule has 1 aromatic carbocycles. The normalized spacial score (nSPS) is 19.5. The number of likely N-dealkylation sites (tertiary alicyclic amines) is 1. The maximum atomic E-state index is 13.1. The third-order valence-electron chi connectivity index (χ3n) is 5.35. The van der Waals surface area contributed by atoms with Gasteiger partial charge >= 0.3 is 18.1 Å². The molecule has 1 spiro atoms. The van der Waals surface area contributed by atoms with Crippen LogP contribution in [0.3, 0.4) is 0 Å². The second-order valence-electron chi connectivity index (χ2n) is 7.27. The van der Waals surface area contributed by atoms with E-state index < -0.39 is 17.5 Å². The van der Waals surface area contributed by atoms with E-state index in [2.05, 4.69) is 10.3 Å². The molecule has 1 saturated heterocycles. The number of urea groups is 1. The Labute approximate surface area is 191 Å². The number of hydrogen-bond donors (Lipinski definition) is 2. The van der Waals surface area contributed by atoms with Crippen molar-refractivity contribution >= 4 is 63.6 Å². The lowest BCUT2D eigenvalue weighted by Gasteiger charge is -2.25. The van der Waals surface area contributed by atoms with Crippen molar-refractivity contribution < 1.29 is 24.2 Å². The summed E-state index contributed by atoms with van der Waals surface area (Å²) >= 11 is 8.61. The van der Waals surface area contributed by atoms with Gasteiger partial charge in [0, 0.05) is 35.8 Å². The van der Waals surface area contributed by atoms with Gasteiger partial charge in [-0.15, -0.1) is 11.8 Å². The Balaban J connectivity index is 1.54. The molecule has 164 valence electrons. The number of rotatable bonds is 4. The van der Waals surface area contributed by atoms with Crippen LogP contribution in [0.4, 0.5) is 20.4 Å². The van der Waals surface area contributed by atoms with Crippen LogP contribution in [0.2, 0.25) is 5.02 Å². The van der Waals surface area contributed by atoms with Gasteiger partial charge in [-0.2, -0.15) is 0 Å². The van der Waals surface area contributed by atoms with Crippen molar-refractivity contribution in [3.63, 3.8) is 0 Å². The monoisotopic (exact) mass is 482 g/mol. The Morgan fingerprint density at radius 2 is 2.19 bits per heavy atom. The van der Waals surface area contributed by atoms with Crippen LogP contribution in [0.25, 0.3) is 0 Å². The van der Waals surface area contributed by atoms with E-state index in [1.807, 2.05) is 12.1 Å². The first-order valence-corrected chi connectivity index (χ1v) is 11.5. The topological polar surface area (TPSA) is 112 Å². The summed E-state index contributed by atoms with van der Waals surface area (Å²) in [5.74, 6) is -0.992. The molecule has 0 radical (unpaired) electrons. The number of anilines is 2. The van der Waals surface area contributed by atoms with Gasteiger partial charge in [0.15, 0.2) is 5.13 Å². The Morgan fingerprint density at radius 1 is 1.39 bits per heavy atom. The predicted octanol–water partition coefficient (Wildman–Crippen LogP) is 3.74. The molecule has 2 aliphatic heterocycles. The molecule has 9 nitrogen and oxygen atoms in total. The Hall–Kier alpha value is -2.50. The molecule has 0 saturated carbocycles. The van der Waals surface area contributed by atoms with Gasteiger partial charge in [0.2, 0.25) is 0 Å². The number of aliphatic carboxylic acids is 1. The number of nitrogens with one attached hydrogen (secondary N) is 1. The number of carbonyl (C=O) groups is 3. The van der Waals surface area contributed by atoms with Gasteiger partial charge in [-0.1, -0.05) is 22.9 Å². The average molecular weight is 483 g/mol. The molecular formula is C19H19ClN4O5S2. The molecule has 3 heterocycles. The molecule has 0 bridgehead atoms. The number of halogens is 1. The molecule has 4 rings (SSSR count). The lowest BCUT2D eigenvalue weighted by atomic mass is 9.81. The van der Waals surface area contributed by atoms with Crippen molar-refractivity contribution in [2.75, 3.05) is 42.7 Å². The Morgan fingerprint density at radius 3 is 2.94 bits per heavy atom. The molecule has 1 aromatic heterocycles. The summed E-state index contributed by atoms with van der Waals surface area (Å²) in [5, 5.41) is 12.5. The highest BCUT2D eigenvalue weighted by Gasteiger charge is 2.50. The van der Waals surface area contributed by atoms with Gasteiger partial charge in [-0.05, 0) is 30.2 Å². The quantitative estimate of drug-likeness (QED) is 0.638. The van der Waals surface area contributed by atoms with E-state index in [1.54, 1.807) is 15.9 Å². The molecule has 2 N–H and O–H groups in total. The van der Waals surface area contributed by atoms with E-state index in [9.17, 15) is 14.4 Å². The van der Waals surface area contributed by atoms with Crippen molar-refractivity contribution in [2.24, 2.45) is 0 Å². The number of methoxy groups -OCH3 is 1. The molecule has 0 aliphatic carbocycles. The SMILES string of the molecule is COC(=O)N1CCC2(C1)CN(C(=O)Nc1ncc(SCC(=O)O)s1)c1ccc(Cl)cc12. The van der Waals surface area contributed by atoms with Gasteiger partial charge in [0.05, 0.1) is 23.3 Å². The molecule has 12 heteroatoms. The minimum absolute atomic E-state index is 0.0744. The maximum absolute atomic E-state index is 13.1. The number of carboxylic acids is 1. The van der Waals surface area contributed by atoms with Gasteiger partial charge in [0.1, 0.15) is 0 Å². The number of hydrogen-bond acceptors (Lipinski definition) is 7. The number of amides is 3. The Bertz CT molecular complexity index is 1050. The molecule has 1 atom stereocenters. The van der Waals surface area contributed by atoms with E-state index in [0.717, 1.165) is 23.0 Å². The fraction of sp³-hybridized carbons (Fsp3) is 0.368. The first kappa shape index (κ1) is 21.7. The molecule has 2 aromatic rings. The number of benzene rings is 1.